The minimum absolute atomic E-state index is 0.624. The highest BCUT2D eigenvalue weighted by molar-refractivity contribution is 5.55. The van der Waals surface area contributed by atoms with Gasteiger partial charge in [0.2, 0.25) is 0 Å². The molecule has 1 aliphatic rings. The fraction of sp³-hybridized carbons (Fsp3) is 0.684. The van der Waals surface area contributed by atoms with Crippen molar-refractivity contribution in [1.29, 1.82) is 0 Å². The van der Waals surface area contributed by atoms with Gasteiger partial charge in [0, 0.05) is 11.7 Å². The van der Waals surface area contributed by atoms with Crippen molar-refractivity contribution in [2.24, 2.45) is 0 Å². The van der Waals surface area contributed by atoms with Gasteiger partial charge in [0.15, 0.2) is 0 Å². The summed E-state index contributed by atoms with van der Waals surface area (Å²) in [5.74, 6) is 0.776. The molecule has 0 aliphatic carbocycles. The number of anilines is 1. The number of benzene rings is 1. The van der Waals surface area contributed by atoms with Gasteiger partial charge in [-0.2, -0.15) is 0 Å². The molecule has 1 N–H and O–H groups in total. The zero-order valence-electron chi connectivity index (χ0n) is 13.3. The van der Waals surface area contributed by atoms with Crippen LogP contribution >= 0.6 is 0 Å². The average molecular weight is 273 g/mol. The first-order valence-electron chi connectivity index (χ1n) is 8.66. The van der Waals surface area contributed by atoms with E-state index in [9.17, 15) is 0 Å². The van der Waals surface area contributed by atoms with Gasteiger partial charge in [0.1, 0.15) is 0 Å². The van der Waals surface area contributed by atoms with E-state index in [-0.39, 0.29) is 0 Å². The van der Waals surface area contributed by atoms with Crippen LogP contribution in [0, 0.1) is 0 Å². The first-order chi connectivity index (χ1) is 9.81. The Morgan fingerprint density at radius 2 is 1.70 bits per heavy atom. The Labute approximate surface area is 125 Å². The van der Waals surface area contributed by atoms with Crippen LogP contribution in [0.15, 0.2) is 24.3 Å². The number of nitrogens with one attached hydrogen (secondary N) is 1. The summed E-state index contributed by atoms with van der Waals surface area (Å²) in [6.45, 7) is 4.60. The fourth-order valence-corrected chi connectivity index (χ4v) is 3.48. The molecule has 0 radical (unpaired) electrons. The summed E-state index contributed by atoms with van der Waals surface area (Å²) in [5, 5.41) is 3.61. The van der Waals surface area contributed by atoms with Crippen molar-refractivity contribution in [3.8, 4) is 0 Å². The molecule has 1 heteroatoms. The summed E-state index contributed by atoms with van der Waals surface area (Å²) < 4.78 is 0. The predicted molar refractivity (Wildman–Crippen MR) is 89.5 cm³/mol. The topological polar surface area (TPSA) is 12.0 Å². The van der Waals surface area contributed by atoms with Crippen molar-refractivity contribution in [2.45, 2.75) is 83.6 Å². The second-order valence-electron chi connectivity index (χ2n) is 6.48. The Kier molecular flexibility index (Phi) is 6.42. The largest absolute Gasteiger partial charge is 0.382 e. The number of hydrogen-bond acceptors (Lipinski definition) is 1. The van der Waals surface area contributed by atoms with Gasteiger partial charge >= 0.3 is 0 Å². The number of fused-ring (bicyclic) bond motifs is 1. The van der Waals surface area contributed by atoms with Gasteiger partial charge in [-0.15, -0.1) is 0 Å². The third-order valence-corrected chi connectivity index (χ3v) is 4.60. The molecule has 1 aliphatic heterocycles. The molecule has 2 unspecified atom stereocenters. The lowest BCUT2D eigenvalue weighted by atomic mass is 9.84. The van der Waals surface area contributed by atoms with Crippen LogP contribution in [0.3, 0.4) is 0 Å². The highest BCUT2D eigenvalue weighted by Gasteiger charge is 2.22. The van der Waals surface area contributed by atoms with E-state index in [2.05, 4.69) is 43.4 Å². The van der Waals surface area contributed by atoms with Gasteiger partial charge in [-0.25, -0.2) is 0 Å². The summed E-state index contributed by atoms with van der Waals surface area (Å²) in [7, 11) is 0. The number of rotatable bonds is 8. The Hall–Kier alpha value is -0.980. The minimum Gasteiger partial charge on any atom is -0.382 e. The Morgan fingerprint density at radius 1 is 1.00 bits per heavy atom. The van der Waals surface area contributed by atoms with Crippen molar-refractivity contribution in [2.75, 3.05) is 5.32 Å². The quantitative estimate of drug-likeness (QED) is 0.563. The third kappa shape index (κ3) is 4.54. The van der Waals surface area contributed by atoms with Crippen LogP contribution in [0.5, 0.6) is 0 Å². The van der Waals surface area contributed by atoms with Gasteiger partial charge in [-0.3, -0.25) is 0 Å². The minimum atomic E-state index is 0.624. The molecule has 0 amide bonds. The molecule has 2 rings (SSSR count). The molecule has 0 saturated carbocycles. The fourth-order valence-electron chi connectivity index (χ4n) is 3.48. The summed E-state index contributed by atoms with van der Waals surface area (Å²) in [6, 6.07) is 9.52. The second-order valence-corrected chi connectivity index (χ2v) is 6.48. The Balaban J connectivity index is 1.73. The van der Waals surface area contributed by atoms with Crippen molar-refractivity contribution < 1.29 is 0 Å². The van der Waals surface area contributed by atoms with Crippen molar-refractivity contribution >= 4 is 5.69 Å². The molecule has 2 atom stereocenters. The van der Waals surface area contributed by atoms with E-state index in [1.165, 1.54) is 63.5 Å². The van der Waals surface area contributed by atoms with Gasteiger partial charge in [-0.05, 0) is 37.3 Å². The van der Waals surface area contributed by atoms with Gasteiger partial charge in [0.25, 0.3) is 0 Å². The molecular weight excluding hydrogens is 242 g/mol. The monoisotopic (exact) mass is 273 g/mol. The molecule has 0 aromatic heterocycles. The van der Waals surface area contributed by atoms with E-state index in [4.69, 9.17) is 0 Å². The molecular formula is C19H31N. The normalized spacial score (nSPS) is 21.3. The molecule has 0 fully saturated rings. The van der Waals surface area contributed by atoms with E-state index in [0.717, 1.165) is 5.92 Å². The first kappa shape index (κ1) is 15.4. The predicted octanol–water partition coefficient (Wildman–Crippen LogP) is 6.12. The van der Waals surface area contributed by atoms with Crippen molar-refractivity contribution in [1.82, 2.24) is 0 Å². The highest BCUT2D eigenvalue weighted by Crippen LogP contribution is 2.37. The number of hydrogen-bond donors (Lipinski definition) is 1. The SMILES string of the molecule is CCCCCCCCCC1CC(C)Nc2ccccc21. The lowest BCUT2D eigenvalue weighted by molar-refractivity contribution is 0.484. The maximum atomic E-state index is 3.61. The van der Waals surface area contributed by atoms with Crippen LogP contribution in [0.25, 0.3) is 0 Å². The van der Waals surface area contributed by atoms with Gasteiger partial charge < -0.3 is 5.32 Å². The molecule has 112 valence electrons. The van der Waals surface area contributed by atoms with E-state index in [0.29, 0.717) is 6.04 Å². The van der Waals surface area contributed by atoms with Gasteiger partial charge in [-0.1, -0.05) is 70.1 Å². The molecule has 0 saturated heterocycles. The maximum Gasteiger partial charge on any atom is 0.0377 e. The van der Waals surface area contributed by atoms with Gasteiger partial charge in [0.05, 0.1) is 0 Å². The van der Waals surface area contributed by atoms with Crippen LogP contribution < -0.4 is 5.32 Å². The summed E-state index contributed by atoms with van der Waals surface area (Å²) >= 11 is 0. The Bertz CT molecular complexity index is 385. The van der Waals surface area contributed by atoms with Crippen LogP contribution in [-0.4, -0.2) is 6.04 Å². The van der Waals surface area contributed by atoms with E-state index in [1.807, 2.05) is 0 Å². The molecule has 0 bridgehead atoms. The van der Waals surface area contributed by atoms with Crippen LogP contribution in [-0.2, 0) is 0 Å². The second kappa shape index (κ2) is 8.34. The van der Waals surface area contributed by atoms with E-state index < -0.39 is 0 Å². The molecule has 1 heterocycles. The molecule has 1 aromatic carbocycles. The van der Waals surface area contributed by atoms with E-state index in [1.54, 1.807) is 5.56 Å². The number of unbranched alkanes of at least 4 members (excludes halogenated alkanes) is 6. The Morgan fingerprint density at radius 3 is 2.50 bits per heavy atom. The standard InChI is InChI=1S/C19H31N/c1-3-4-5-6-7-8-9-12-17-15-16(2)20-19-14-11-10-13-18(17)19/h10-11,13-14,16-17,20H,3-9,12,15H2,1-2H3. The smallest absolute Gasteiger partial charge is 0.0377 e. The summed E-state index contributed by atoms with van der Waals surface area (Å²) in [5.41, 5.74) is 2.93. The molecule has 1 nitrogen and oxygen atoms in total. The highest BCUT2D eigenvalue weighted by atomic mass is 14.9. The third-order valence-electron chi connectivity index (χ3n) is 4.60. The maximum absolute atomic E-state index is 3.61. The van der Waals surface area contributed by atoms with Crippen molar-refractivity contribution in [3.05, 3.63) is 29.8 Å². The summed E-state index contributed by atoms with van der Waals surface area (Å²) in [4.78, 5) is 0. The molecule has 20 heavy (non-hydrogen) atoms. The van der Waals surface area contributed by atoms with E-state index >= 15 is 0 Å². The van der Waals surface area contributed by atoms with Crippen LogP contribution in [0.1, 0.15) is 83.1 Å². The number of para-hydroxylation sites is 1. The molecule has 1 aromatic rings. The summed E-state index contributed by atoms with van der Waals surface area (Å²) in [6.07, 6.45) is 12.6. The zero-order chi connectivity index (χ0) is 14.2. The van der Waals surface area contributed by atoms with Crippen LogP contribution in [0.2, 0.25) is 0 Å². The lowest BCUT2D eigenvalue weighted by Gasteiger charge is -2.31. The average Bonchev–Trinajstić information content (AvgIpc) is 2.46. The zero-order valence-corrected chi connectivity index (χ0v) is 13.3. The first-order valence-corrected chi connectivity index (χ1v) is 8.66. The van der Waals surface area contributed by atoms with Crippen LogP contribution in [0.4, 0.5) is 5.69 Å². The lowest BCUT2D eigenvalue weighted by Crippen LogP contribution is -2.25. The molecule has 0 spiro atoms. The van der Waals surface area contributed by atoms with Crippen molar-refractivity contribution in [3.63, 3.8) is 0 Å².